The molecule has 1 unspecified atom stereocenters. The molecule has 4 N–H and O–H groups in total. The largest absolute Gasteiger partial charge is 0.369 e. The number of benzene rings is 3. The molecule has 0 bridgehead atoms. The molecule has 0 saturated heterocycles. The van der Waals surface area contributed by atoms with Gasteiger partial charge in [0.05, 0.1) is 5.69 Å². The number of rotatable bonds is 8. The van der Waals surface area contributed by atoms with Crippen molar-refractivity contribution >= 4 is 28.9 Å². The van der Waals surface area contributed by atoms with Crippen LogP contribution in [0.4, 0.5) is 17.2 Å². The molecule has 0 saturated carbocycles. The van der Waals surface area contributed by atoms with Gasteiger partial charge in [0, 0.05) is 41.3 Å². The molecule has 4 rings (SSSR count). The summed E-state index contributed by atoms with van der Waals surface area (Å²) in [5.74, 6) is -0.592. The number of nitrogens with zero attached hydrogens (tertiary/aromatic N) is 2. The van der Waals surface area contributed by atoms with E-state index in [4.69, 9.17) is 0 Å². The molecule has 9 heteroatoms. The van der Waals surface area contributed by atoms with E-state index in [2.05, 4.69) is 41.7 Å². The number of amides is 1. The molecule has 0 aliphatic rings. The summed E-state index contributed by atoms with van der Waals surface area (Å²) in [6.07, 6.45) is 1.65. The second kappa shape index (κ2) is 11.7. The molecule has 0 radical (unpaired) electrons. The molecule has 4 aromatic rings. The Morgan fingerprint density at radius 3 is 2.12 bits per heavy atom. The highest BCUT2D eigenvalue weighted by molar-refractivity contribution is 6.05. The number of carbonyl (C=O) groups excluding carboxylic acids is 2. The Balaban J connectivity index is 1.59. The summed E-state index contributed by atoms with van der Waals surface area (Å²) >= 11 is 0. The SMILES string of the molecule is CNC(C)(O)C(=O)c1ccc(Nc2nc(-c3cccc(NC(=O)c4ccc(C(C)(C)C)cc4)c3C)cn(C)c2=O)cc1. The molecular formula is C33H37N5O4. The predicted molar refractivity (Wildman–Crippen MR) is 166 cm³/mol. The molecule has 0 fully saturated rings. The number of aliphatic hydroxyl groups is 1. The van der Waals surface area contributed by atoms with Crippen molar-refractivity contribution in [2.24, 2.45) is 7.05 Å². The highest BCUT2D eigenvalue weighted by atomic mass is 16.3. The number of aryl methyl sites for hydroxylation is 1. The smallest absolute Gasteiger partial charge is 0.293 e. The van der Waals surface area contributed by atoms with E-state index in [1.807, 2.05) is 49.4 Å². The predicted octanol–water partition coefficient (Wildman–Crippen LogP) is 5.16. The van der Waals surface area contributed by atoms with Gasteiger partial charge in [0.1, 0.15) is 0 Å². The summed E-state index contributed by atoms with van der Waals surface area (Å²) in [7, 11) is 3.14. The molecule has 1 aromatic heterocycles. The summed E-state index contributed by atoms with van der Waals surface area (Å²) < 4.78 is 1.44. The zero-order chi connectivity index (χ0) is 30.8. The van der Waals surface area contributed by atoms with Crippen LogP contribution < -0.4 is 21.5 Å². The number of anilines is 3. The lowest BCUT2D eigenvalue weighted by atomic mass is 9.86. The number of nitrogens with one attached hydrogen (secondary N) is 3. The van der Waals surface area contributed by atoms with Crippen molar-refractivity contribution in [1.29, 1.82) is 0 Å². The van der Waals surface area contributed by atoms with Crippen molar-refractivity contribution < 1.29 is 14.7 Å². The summed E-state index contributed by atoms with van der Waals surface area (Å²) in [6.45, 7) is 9.65. The van der Waals surface area contributed by atoms with Crippen LogP contribution in [0.3, 0.4) is 0 Å². The lowest BCUT2D eigenvalue weighted by molar-refractivity contribution is 0.0276. The maximum atomic E-state index is 13.0. The fourth-order valence-corrected chi connectivity index (χ4v) is 4.42. The molecular weight excluding hydrogens is 530 g/mol. The summed E-state index contributed by atoms with van der Waals surface area (Å²) in [4.78, 5) is 43.1. The molecule has 1 atom stereocenters. The number of ketones is 1. The molecule has 0 spiro atoms. The number of likely N-dealkylation sites (N-methyl/N-ethyl adjacent to an activating group) is 1. The maximum absolute atomic E-state index is 13.0. The van der Waals surface area contributed by atoms with Crippen molar-refractivity contribution in [3.05, 3.63) is 106 Å². The number of hydrogen-bond donors (Lipinski definition) is 4. The quantitative estimate of drug-likeness (QED) is 0.171. The zero-order valence-corrected chi connectivity index (χ0v) is 25.0. The van der Waals surface area contributed by atoms with Crippen LogP contribution in [-0.2, 0) is 12.5 Å². The van der Waals surface area contributed by atoms with Gasteiger partial charge in [-0.25, -0.2) is 4.98 Å². The second-order valence-corrected chi connectivity index (χ2v) is 11.5. The zero-order valence-electron chi connectivity index (χ0n) is 25.0. The van der Waals surface area contributed by atoms with Crippen LogP contribution in [0.5, 0.6) is 0 Å². The third-order valence-electron chi connectivity index (χ3n) is 7.28. The van der Waals surface area contributed by atoms with Gasteiger partial charge in [0.2, 0.25) is 5.78 Å². The first-order chi connectivity index (χ1) is 19.7. The Morgan fingerprint density at radius 1 is 0.905 bits per heavy atom. The average Bonchev–Trinajstić information content (AvgIpc) is 2.96. The highest BCUT2D eigenvalue weighted by Crippen LogP contribution is 2.29. The molecule has 1 amide bonds. The number of hydrogen-bond acceptors (Lipinski definition) is 7. The van der Waals surface area contributed by atoms with E-state index in [0.717, 1.165) is 16.7 Å². The Hall–Kier alpha value is -4.60. The number of carbonyl (C=O) groups is 2. The maximum Gasteiger partial charge on any atom is 0.293 e. The second-order valence-electron chi connectivity index (χ2n) is 11.5. The summed E-state index contributed by atoms with van der Waals surface area (Å²) in [6, 6.07) is 19.6. The first-order valence-corrected chi connectivity index (χ1v) is 13.6. The number of aromatic nitrogens is 2. The van der Waals surface area contributed by atoms with Gasteiger partial charge in [-0.3, -0.25) is 19.7 Å². The monoisotopic (exact) mass is 567 g/mol. The van der Waals surface area contributed by atoms with Gasteiger partial charge >= 0.3 is 0 Å². The van der Waals surface area contributed by atoms with Crippen LogP contribution in [0.2, 0.25) is 0 Å². The minimum atomic E-state index is -1.69. The van der Waals surface area contributed by atoms with Gasteiger partial charge in [-0.05, 0) is 79.9 Å². The van der Waals surface area contributed by atoms with Gasteiger partial charge in [-0.15, -0.1) is 0 Å². The van der Waals surface area contributed by atoms with E-state index < -0.39 is 11.5 Å². The van der Waals surface area contributed by atoms with Crippen LogP contribution >= 0.6 is 0 Å². The van der Waals surface area contributed by atoms with E-state index in [1.54, 1.807) is 37.5 Å². The lowest BCUT2D eigenvalue weighted by Crippen LogP contribution is -2.47. The van der Waals surface area contributed by atoms with Gasteiger partial charge in [0.25, 0.3) is 11.5 Å². The standard InChI is InChI=1S/C33H37N5O4/c1-20-25(9-8-10-26(20)37-30(40)22-11-15-23(16-12-22)32(2,3)4)27-19-38(7)31(41)29(36-27)35-24-17-13-21(14-18-24)28(39)33(5,42)34-6/h8-19,34,42H,1-7H3,(H,35,36)(H,37,40). The number of Topliss-reactive ketones (excluding diaryl/α,β-unsaturated/α-hetero) is 1. The fourth-order valence-electron chi connectivity index (χ4n) is 4.42. The highest BCUT2D eigenvalue weighted by Gasteiger charge is 2.29. The Labute approximate surface area is 245 Å². The summed E-state index contributed by atoms with van der Waals surface area (Å²) in [5.41, 5.74) is 3.27. The van der Waals surface area contributed by atoms with Gasteiger partial charge < -0.3 is 20.3 Å². The molecule has 0 aliphatic carbocycles. The van der Waals surface area contributed by atoms with Crippen LogP contribution in [0, 0.1) is 6.92 Å². The third kappa shape index (κ3) is 6.48. The molecule has 1 heterocycles. The third-order valence-corrected chi connectivity index (χ3v) is 7.28. The van der Waals surface area contributed by atoms with Crippen molar-refractivity contribution in [2.75, 3.05) is 17.7 Å². The molecule has 3 aromatic carbocycles. The van der Waals surface area contributed by atoms with Gasteiger partial charge in [-0.2, -0.15) is 0 Å². The van der Waals surface area contributed by atoms with E-state index in [1.165, 1.54) is 18.5 Å². The topological polar surface area (TPSA) is 125 Å². The van der Waals surface area contributed by atoms with Crippen LogP contribution in [0.15, 0.2) is 77.7 Å². The lowest BCUT2D eigenvalue weighted by Gasteiger charge is -2.20. The molecule has 42 heavy (non-hydrogen) atoms. The molecule has 0 aliphatic heterocycles. The van der Waals surface area contributed by atoms with Crippen molar-refractivity contribution in [3.63, 3.8) is 0 Å². The van der Waals surface area contributed by atoms with Crippen LogP contribution in [-0.4, -0.2) is 39.1 Å². The Bertz CT molecular complexity index is 1680. The minimum absolute atomic E-state index is 0.00663. The van der Waals surface area contributed by atoms with Crippen molar-refractivity contribution in [3.8, 4) is 11.3 Å². The Kier molecular flexibility index (Phi) is 8.47. The van der Waals surface area contributed by atoms with E-state index in [9.17, 15) is 19.5 Å². The Morgan fingerprint density at radius 2 is 1.52 bits per heavy atom. The van der Waals surface area contributed by atoms with E-state index >= 15 is 0 Å². The normalized spacial score (nSPS) is 12.9. The fraction of sp³-hybridized carbons (Fsp3) is 0.273. The van der Waals surface area contributed by atoms with Crippen LogP contribution in [0.25, 0.3) is 11.3 Å². The van der Waals surface area contributed by atoms with E-state index in [-0.39, 0.29) is 22.7 Å². The van der Waals surface area contributed by atoms with Crippen molar-refractivity contribution in [2.45, 2.75) is 45.8 Å². The average molecular weight is 568 g/mol. The van der Waals surface area contributed by atoms with Gasteiger partial charge in [-0.1, -0.05) is 45.0 Å². The first-order valence-electron chi connectivity index (χ1n) is 13.6. The first kappa shape index (κ1) is 30.4. The van der Waals surface area contributed by atoms with E-state index in [0.29, 0.717) is 28.2 Å². The minimum Gasteiger partial charge on any atom is -0.369 e. The van der Waals surface area contributed by atoms with Crippen LogP contribution in [0.1, 0.15) is 59.5 Å². The van der Waals surface area contributed by atoms with Gasteiger partial charge in [0.15, 0.2) is 11.5 Å². The molecule has 218 valence electrons. The van der Waals surface area contributed by atoms with Crippen molar-refractivity contribution in [1.82, 2.24) is 14.9 Å². The summed E-state index contributed by atoms with van der Waals surface area (Å²) in [5, 5.41) is 18.8. The molecule has 9 nitrogen and oxygen atoms in total.